The van der Waals surface area contributed by atoms with E-state index < -0.39 is 17.5 Å². The summed E-state index contributed by atoms with van der Waals surface area (Å²) in [6.45, 7) is 2.17. The maximum atomic E-state index is 13.0. The number of hydrogen-bond donors (Lipinski definition) is 2. The zero-order chi connectivity index (χ0) is 27.5. The Bertz CT molecular complexity index is 1640. The van der Waals surface area contributed by atoms with Crippen LogP contribution >= 0.6 is 0 Å². The van der Waals surface area contributed by atoms with Gasteiger partial charge in [0, 0.05) is 33.9 Å². The van der Waals surface area contributed by atoms with E-state index in [9.17, 15) is 19.8 Å². The molecule has 2 aromatic carbocycles. The first-order chi connectivity index (χ1) is 18.8. The highest BCUT2D eigenvalue weighted by atomic mass is 16.5. The van der Waals surface area contributed by atoms with Crippen LogP contribution in [0.5, 0.6) is 5.75 Å². The molecule has 2 heterocycles. The molecular weight excluding hydrogens is 494 g/mol. The van der Waals surface area contributed by atoms with Crippen LogP contribution in [-0.4, -0.2) is 22.0 Å². The van der Waals surface area contributed by atoms with Crippen LogP contribution in [0.4, 0.5) is 0 Å². The van der Waals surface area contributed by atoms with Crippen molar-refractivity contribution >= 4 is 29.3 Å². The molecule has 0 amide bonds. The van der Waals surface area contributed by atoms with Crippen LogP contribution in [-0.2, 0) is 20.9 Å². The molecular formula is C32H25NO6. The van der Waals surface area contributed by atoms with E-state index in [-0.39, 0.29) is 29.9 Å². The number of hydrogen-bond acceptors (Lipinski definition) is 5. The number of aromatic hydroxyl groups is 1. The number of nitrogens with zero attached hydrogens (tertiary/aromatic N) is 1. The van der Waals surface area contributed by atoms with Crippen molar-refractivity contribution in [1.82, 2.24) is 0 Å². The van der Waals surface area contributed by atoms with Gasteiger partial charge in [0.05, 0.1) is 0 Å². The number of carbonyl (C=O) groups excluding carboxylic acids is 1. The van der Waals surface area contributed by atoms with E-state index in [1.165, 1.54) is 22.9 Å². The van der Waals surface area contributed by atoms with Gasteiger partial charge in [-0.15, -0.1) is 0 Å². The Morgan fingerprint density at radius 2 is 1.72 bits per heavy atom. The summed E-state index contributed by atoms with van der Waals surface area (Å²) in [6, 6.07) is 18.9. The number of carboxylic acid groups (broad SMARTS) is 1. The zero-order valence-corrected chi connectivity index (χ0v) is 21.1. The Labute approximate surface area is 225 Å². The average Bonchev–Trinajstić information content (AvgIpc) is 2.94. The van der Waals surface area contributed by atoms with Gasteiger partial charge < -0.3 is 20.1 Å². The summed E-state index contributed by atoms with van der Waals surface area (Å²) in [5, 5.41) is 32.1. The number of benzene rings is 2. The Hall–Kier alpha value is -5.17. The molecule has 0 saturated heterocycles. The second-order valence-electron chi connectivity index (χ2n) is 9.24. The highest BCUT2D eigenvalue weighted by Gasteiger charge is 2.27. The van der Waals surface area contributed by atoms with Gasteiger partial charge in [-0.25, -0.2) is 4.57 Å². The predicted octanol–water partition coefficient (Wildman–Crippen LogP) is 4.08. The first-order valence-corrected chi connectivity index (χ1v) is 12.4. The van der Waals surface area contributed by atoms with Gasteiger partial charge in [0.2, 0.25) is 6.20 Å². The average molecular weight is 520 g/mol. The molecule has 1 aromatic heterocycles. The molecule has 3 aromatic rings. The fraction of sp³-hybridized carbons (Fsp3) is 0.0938. The van der Waals surface area contributed by atoms with Crippen LogP contribution < -0.4 is 9.67 Å². The fourth-order valence-electron chi connectivity index (χ4n) is 4.37. The third kappa shape index (κ3) is 5.43. The van der Waals surface area contributed by atoms with Crippen LogP contribution in [0.25, 0.3) is 17.6 Å². The molecule has 0 bridgehead atoms. The van der Waals surface area contributed by atoms with Crippen molar-refractivity contribution in [2.75, 3.05) is 0 Å². The molecule has 0 atom stereocenters. The Kier molecular flexibility index (Phi) is 6.97. The smallest absolute Gasteiger partial charge is 0.309 e. The van der Waals surface area contributed by atoms with Crippen molar-refractivity contribution in [2.45, 2.75) is 19.9 Å². The van der Waals surface area contributed by atoms with Crippen LogP contribution in [0.1, 0.15) is 28.7 Å². The summed E-state index contributed by atoms with van der Waals surface area (Å²) in [7, 11) is 0. The lowest BCUT2D eigenvalue weighted by Crippen LogP contribution is -2.34. The maximum Gasteiger partial charge on any atom is 0.309 e. The number of ether oxygens (including phenoxy) is 1. The third-order valence-corrected chi connectivity index (χ3v) is 6.49. The molecule has 7 heteroatoms. The summed E-state index contributed by atoms with van der Waals surface area (Å²) in [6.07, 6.45) is 9.38. The minimum absolute atomic E-state index is 0.0251. The molecule has 194 valence electrons. The molecule has 0 radical (unpaired) electrons. The lowest BCUT2D eigenvalue weighted by molar-refractivity contribution is -0.696. The van der Waals surface area contributed by atoms with E-state index in [2.05, 4.69) is 0 Å². The highest BCUT2D eigenvalue weighted by Crippen LogP contribution is 2.36. The number of carbonyl (C=O) groups is 2. The first-order valence-electron chi connectivity index (χ1n) is 12.4. The van der Waals surface area contributed by atoms with E-state index in [0.29, 0.717) is 22.7 Å². The second kappa shape index (κ2) is 10.7. The van der Waals surface area contributed by atoms with Crippen molar-refractivity contribution in [1.29, 1.82) is 0 Å². The Morgan fingerprint density at radius 3 is 2.41 bits per heavy atom. The van der Waals surface area contributed by atoms with Gasteiger partial charge >= 0.3 is 5.97 Å². The number of aliphatic carboxylic acids is 1. The number of aromatic nitrogens is 1. The predicted molar refractivity (Wildman–Crippen MR) is 143 cm³/mol. The number of ketones is 1. The largest absolute Gasteiger partial charge is 0.871 e. The van der Waals surface area contributed by atoms with Gasteiger partial charge in [-0.3, -0.25) is 9.59 Å². The van der Waals surface area contributed by atoms with Crippen LogP contribution in [0.2, 0.25) is 0 Å². The van der Waals surface area contributed by atoms with E-state index in [4.69, 9.17) is 9.84 Å². The topological polar surface area (TPSA) is 111 Å². The summed E-state index contributed by atoms with van der Waals surface area (Å²) < 4.78 is 7.76. The third-order valence-electron chi connectivity index (χ3n) is 6.49. The van der Waals surface area contributed by atoms with Crippen LogP contribution in [0, 0.1) is 6.92 Å². The molecule has 2 N–H and O–H groups in total. The van der Waals surface area contributed by atoms with Crippen molar-refractivity contribution in [3.05, 3.63) is 136 Å². The van der Waals surface area contributed by atoms with Crippen molar-refractivity contribution in [3.63, 3.8) is 0 Å². The van der Waals surface area contributed by atoms with E-state index in [0.717, 1.165) is 16.7 Å². The number of carboxylic acids is 1. The lowest BCUT2D eigenvalue weighted by atomic mass is 9.85. The van der Waals surface area contributed by atoms with Gasteiger partial charge in [0.1, 0.15) is 17.9 Å². The molecule has 1 aliphatic heterocycles. The minimum atomic E-state index is -0.952. The summed E-state index contributed by atoms with van der Waals surface area (Å²) >= 11 is 0. The number of rotatable bonds is 7. The van der Waals surface area contributed by atoms with Gasteiger partial charge in [-0.05, 0) is 42.4 Å². The first kappa shape index (κ1) is 25.5. The van der Waals surface area contributed by atoms with Gasteiger partial charge in [-0.1, -0.05) is 60.4 Å². The van der Waals surface area contributed by atoms with Crippen LogP contribution in [0.15, 0.2) is 114 Å². The molecule has 39 heavy (non-hydrogen) atoms. The molecule has 7 nitrogen and oxygen atoms in total. The highest BCUT2D eigenvalue weighted by molar-refractivity contribution is 6.23. The summed E-state index contributed by atoms with van der Waals surface area (Å²) in [5.41, 5.74) is 3.76. The number of aryl methyl sites for hydroxylation is 2. The molecule has 5 rings (SSSR count). The Balaban J connectivity index is 1.48. The quantitative estimate of drug-likeness (QED) is 0.360. The molecule has 0 saturated carbocycles. The molecule has 0 unspecified atom stereocenters. The lowest BCUT2D eigenvalue weighted by Gasteiger charge is -2.29. The standard InChI is InChI=1S/C32H25NO6/c1-20-7-5-6-10-24(20)29-17-21(16-28(39-29)22-8-3-2-4-9-22)15-25-31(37)26(32(25)38)18-23-11-13-33(19-27(23)34)14-12-30(35)36/h2-11,13,15-19H,12,14H2,1H3,(H2-,34,35,36,37,38). The van der Waals surface area contributed by atoms with Crippen LogP contribution in [0.3, 0.4) is 0 Å². The van der Waals surface area contributed by atoms with E-state index in [1.54, 1.807) is 18.3 Å². The minimum Gasteiger partial charge on any atom is -0.871 e. The van der Waals surface area contributed by atoms with Gasteiger partial charge in [0.15, 0.2) is 24.3 Å². The summed E-state index contributed by atoms with van der Waals surface area (Å²) in [4.78, 5) is 23.7. The normalized spacial score (nSPS) is 17.0. The van der Waals surface area contributed by atoms with E-state index >= 15 is 0 Å². The van der Waals surface area contributed by atoms with Crippen molar-refractivity contribution < 1.29 is 34.2 Å². The van der Waals surface area contributed by atoms with Gasteiger partial charge in [0.25, 0.3) is 0 Å². The number of allylic oxidation sites excluding steroid dienone is 6. The molecule has 0 fully saturated rings. The Morgan fingerprint density at radius 1 is 1.00 bits per heavy atom. The number of Topliss-reactive ketones (excluding diaryl/α,β-unsaturated/α-hetero) is 1. The molecule has 2 aliphatic rings. The fourth-order valence-corrected chi connectivity index (χ4v) is 4.37. The van der Waals surface area contributed by atoms with E-state index in [1.807, 2.05) is 67.6 Å². The molecule has 0 spiro atoms. The molecule has 1 aliphatic carbocycles. The monoisotopic (exact) mass is 519 g/mol. The number of pyridine rings is 1. The second-order valence-corrected chi connectivity index (χ2v) is 9.24. The van der Waals surface area contributed by atoms with Gasteiger partial charge in [-0.2, -0.15) is 0 Å². The zero-order valence-electron chi connectivity index (χ0n) is 21.1. The summed E-state index contributed by atoms with van der Waals surface area (Å²) in [5.74, 6) is -0.728. The van der Waals surface area contributed by atoms with Crippen molar-refractivity contribution in [3.8, 4) is 5.75 Å². The SMILES string of the molecule is Cc1ccccc1C1=CC(=CC2=C([O-])C(=Cc3cc[n+](CCC(=O)O)cc3O)C2=O)C=C(c2ccccc2)O1. The maximum absolute atomic E-state index is 13.0. The van der Waals surface area contributed by atoms with Crippen molar-refractivity contribution in [2.24, 2.45) is 0 Å².